The van der Waals surface area contributed by atoms with Crippen LogP contribution in [0.4, 0.5) is 0 Å². The first kappa shape index (κ1) is 21.2. The van der Waals surface area contributed by atoms with Crippen LogP contribution in [0, 0.1) is 5.41 Å². The monoisotopic (exact) mass is 407 g/mol. The molecular formula is C17H30ClN3O2S2. The number of nitrogens with one attached hydrogen (secondary N) is 1. The van der Waals surface area contributed by atoms with E-state index in [0.29, 0.717) is 23.5 Å². The van der Waals surface area contributed by atoms with Crippen LogP contribution in [0.2, 0.25) is 0 Å². The van der Waals surface area contributed by atoms with Crippen LogP contribution in [0.15, 0.2) is 0 Å². The maximum atomic E-state index is 13.3. The Labute approximate surface area is 165 Å². The van der Waals surface area contributed by atoms with E-state index in [1.165, 1.54) is 0 Å². The van der Waals surface area contributed by atoms with Crippen molar-refractivity contribution in [3.05, 3.63) is 0 Å². The second-order valence-corrected chi connectivity index (χ2v) is 10.4. The standard InChI is InChI=1S/C17H29N3O2S2.ClH/c1-13-10-19(5-7-23-13)15(21)9-17(3-4-18-12-17)16(22)20-6-8-24-14(2)11-20;/h13-14,18H,3-12H2,1-2H3;1H. The average molecular weight is 408 g/mol. The molecule has 3 aliphatic rings. The minimum Gasteiger partial charge on any atom is -0.341 e. The third kappa shape index (κ3) is 4.99. The van der Waals surface area contributed by atoms with Gasteiger partial charge in [-0.3, -0.25) is 9.59 Å². The number of hydrogen-bond donors (Lipinski definition) is 1. The van der Waals surface area contributed by atoms with Gasteiger partial charge >= 0.3 is 0 Å². The number of rotatable bonds is 3. The molecule has 3 aliphatic heterocycles. The van der Waals surface area contributed by atoms with Crippen molar-refractivity contribution in [1.82, 2.24) is 15.1 Å². The highest BCUT2D eigenvalue weighted by atomic mass is 35.5. The van der Waals surface area contributed by atoms with Crippen molar-refractivity contribution in [3.8, 4) is 0 Å². The van der Waals surface area contributed by atoms with E-state index in [4.69, 9.17) is 0 Å². The van der Waals surface area contributed by atoms with Gasteiger partial charge in [-0.2, -0.15) is 23.5 Å². The zero-order chi connectivity index (χ0) is 17.2. The number of amides is 2. The molecule has 3 saturated heterocycles. The van der Waals surface area contributed by atoms with Crippen molar-refractivity contribution >= 4 is 47.7 Å². The van der Waals surface area contributed by atoms with E-state index in [-0.39, 0.29) is 24.2 Å². The lowest BCUT2D eigenvalue weighted by Crippen LogP contribution is -2.52. The molecule has 5 nitrogen and oxygen atoms in total. The molecule has 0 aromatic heterocycles. The Kier molecular flexibility index (Phi) is 7.80. The summed E-state index contributed by atoms with van der Waals surface area (Å²) in [5.41, 5.74) is -0.521. The minimum absolute atomic E-state index is 0. The summed E-state index contributed by atoms with van der Waals surface area (Å²) >= 11 is 3.86. The number of carbonyl (C=O) groups is 2. The van der Waals surface area contributed by atoms with E-state index in [0.717, 1.165) is 50.7 Å². The molecule has 8 heteroatoms. The first-order valence-electron chi connectivity index (χ1n) is 9.01. The van der Waals surface area contributed by atoms with E-state index < -0.39 is 5.41 Å². The molecule has 1 N–H and O–H groups in total. The van der Waals surface area contributed by atoms with Crippen molar-refractivity contribution < 1.29 is 9.59 Å². The quantitative estimate of drug-likeness (QED) is 0.771. The van der Waals surface area contributed by atoms with Crippen LogP contribution >= 0.6 is 35.9 Å². The lowest BCUT2D eigenvalue weighted by molar-refractivity contribution is -0.147. The van der Waals surface area contributed by atoms with Crippen molar-refractivity contribution in [2.75, 3.05) is 50.8 Å². The summed E-state index contributed by atoms with van der Waals surface area (Å²) < 4.78 is 0. The summed E-state index contributed by atoms with van der Waals surface area (Å²) in [5.74, 6) is 2.38. The fourth-order valence-corrected chi connectivity index (χ4v) is 5.96. The highest BCUT2D eigenvalue weighted by Crippen LogP contribution is 2.35. The maximum absolute atomic E-state index is 13.3. The Morgan fingerprint density at radius 2 is 1.68 bits per heavy atom. The number of nitrogens with zero attached hydrogens (tertiary/aromatic N) is 2. The molecule has 0 aromatic carbocycles. The molecular weight excluding hydrogens is 378 g/mol. The molecule has 0 saturated carbocycles. The Hall–Kier alpha value is -0.110. The molecule has 25 heavy (non-hydrogen) atoms. The Bertz CT molecular complexity index is 489. The Balaban J connectivity index is 0.00000225. The van der Waals surface area contributed by atoms with Gasteiger partial charge in [0.2, 0.25) is 11.8 Å². The van der Waals surface area contributed by atoms with Gasteiger partial charge in [-0.05, 0) is 13.0 Å². The Morgan fingerprint density at radius 3 is 2.24 bits per heavy atom. The second-order valence-electron chi connectivity index (χ2n) is 7.34. The summed E-state index contributed by atoms with van der Waals surface area (Å²) in [6, 6.07) is 0. The van der Waals surface area contributed by atoms with Crippen molar-refractivity contribution in [2.24, 2.45) is 5.41 Å². The zero-order valence-corrected chi connectivity index (χ0v) is 17.6. The summed E-state index contributed by atoms with van der Waals surface area (Å²) in [6.07, 6.45) is 1.15. The summed E-state index contributed by atoms with van der Waals surface area (Å²) in [5, 5.41) is 4.32. The van der Waals surface area contributed by atoms with Gasteiger partial charge in [0.15, 0.2) is 0 Å². The van der Waals surface area contributed by atoms with Crippen molar-refractivity contribution in [1.29, 1.82) is 0 Å². The predicted molar refractivity (Wildman–Crippen MR) is 109 cm³/mol. The molecule has 2 amide bonds. The summed E-state index contributed by atoms with van der Waals surface area (Å²) in [7, 11) is 0. The lowest BCUT2D eigenvalue weighted by Gasteiger charge is -2.39. The largest absolute Gasteiger partial charge is 0.341 e. The molecule has 3 unspecified atom stereocenters. The van der Waals surface area contributed by atoms with Crippen LogP contribution in [0.25, 0.3) is 0 Å². The highest BCUT2D eigenvalue weighted by molar-refractivity contribution is 8.00. The van der Waals surface area contributed by atoms with Crippen LogP contribution in [0.3, 0.4) is 0 Å². The Morgan fingerprint density at radius 1 is 1.08 bits per heavy atom. The van der Waals surface area contributed by atoms with Gasteiger partial charge < -0.3 is 15.1 Å². The van der Waals surface area contributed by atoms with Crippen LogP contribution in [0.1, 0.15) is 26.7 Å². The predicted octanol–water partition coefficient (Wildman–Crippen LogP) is 1.71. The van der Waals surface area contributed by atoms with Gasteiger partial charge in [-0.15, -0.1) is 12.4 Å². The van der Waals surface area contributed by atoms with Crippen LogP contribution in [-0.2, 0) is 9.59 Å². The van der Waals surface area contributed by atoms with Gasteiger partial charge in [0.1, 0.15) is 0 Å². The van der Waals surface area contributed by atoms with E-state index in [2.05, 4.69) is 19.2 Å². The maximum Gasteiger partial charge on any atom is 0.230 e. The smallest absolute Gasteiger partial charge is 0.230 e. The molecule has 144 valence electrons. The summed E-state index contributed by atoms with van der Waals surface area (Å²) in [4.78, 5) is 30.1. The van der Waals surface area contributed by atoms with Crippen LogP contribution in [-0.4, -0.2) is 82.9 Å². The molecule has 3 heterocycles. The number of halogens is 1. The normalized spacial score (nSPS) is 33.0. The first-order valence-corrected chi connectivity index (χ1v) is 11.1. The minimum atomic E-state index is -0.521. The number of thioether (sulfide) groups is 2. The first-order chi connectivity index (χ1) is 11.5. The third-order valence-electron chi connectivity index (χ3n) is 5.31. The third-order valence-corrected chi connectivity index (χ3v) is 7.58. The molecule has 0 aromatic rings. The number of carbonyl (C=O) groups excluding carboxylic acids is 2. The van der Waals surface area contributed by atoms with Crippen molar-refractivity contribution in [2.45, 2.75) is 37.2 Å². The van der Waals surface area contributed by atoms with E-state index >= 15 is 0 Å². The molecule has 0 radical (unpaired) electrons. The lowest BCUT2D eigenvalue weighted by atomic mass is 9.81. The average Bonchev–Trinajstić information content (AvgIpc) is 3.04. The molecule has 3 fully saturated rings. The van der Waals surface area contributed by atoms with Gasteiger partial charge in [-0.1, -0.05) is 13.8 Å². The van der Waals surface area contributed by atoms with Crippen molar-refractivity contribution in [3.63, 3.8) is 0 Å². The van der Waals surface area contributed by atoms with Crippen LogP contribution < -0.4 is 5.32 Å². The fraction of sp³-hybridized carbons (Fsp3) is 0.882. The second kappa shape index (κ2) is 9.20. The molecule has 3 rings (SSSR count). The van der Waals surface area contributed by atoms with E-state index in [1.54, 1.807) is 0 Å². The van der Waals surface area contributed by atoms with Gasteiger partial charge in [-0.25, -0.2) is 0 Å². The molecule has 0 aliphatic carbocycles. The fourth-order valence-electron chi connectivity index (χ4n) is 3.94. The van der Waals surface area contributed by atoms with Crippen LogP contribution in [0.5, 0.6) is 0 Å². The molecule has 0 spiro atoms. The zero-order valence-electron chi connectivity index (χ0n) is 15.2. The van der Waals surface area contributed by atoms with Gasteiger partial charge in [0, 0.05) is 61.2 Å². The van der Waals surface area contributed by atoms with E-state index in [1.807, 2.05) is 33.3 Å². The van der Waals surface area contributed by atoms with E-state index in [9.17, 15) is 9.59 Å². The molecule has 0 bridgehead atoms. The van der Waals surface area contributed by atoms with Gasteiger partial charge in [0.25, 0.3) is 0 Å². The number of hydrogen-bond acceptors (Lipinski definition) is 5. The van der Waals surface area contributed by atoms with Gasteiger partial charge in [0.05, 0.1) is 5.41 Å². The topological polar surface area (TPSA) is 52.7 Å². The summed E-state index contributed by atoms with van der Waals surface area (Å²) in [6.45, 7) is 9.12. The molecule has 3 atom stereocenters. The highest BCUT2D eigenvalue weighted by Gasteiger charge is 2.46. The SMILES string of the molecule is CC1CN(C(=O)CC2(C(=O)N3CCSC(C)C3)CCNC2)CCS1.Cl.